The largest absolute Gasteiger partial charge is 0.444 e. The van der Waals surface area contributed by atoms with Crippen molar-refractivity contribution in [3.8, 4) is 0 Å². The van der Waals surface area contributed by atoms with Gasteiger partial charge in [-0.25, -0.2) is 9.18 Å². The predicted octanol–water partition coefficient (Wildman–Crippen LogP) is 3.62. The number of carbonyl (C=O) groups excluding carboxylic acids is 1. The third kappa shape index (κ3) is 3.35. The van der Waals surface area contributed by atoms with E-state index < -0.39 is 11.7 Å². The Morgan fingerprint density at radius 2 is 1.95 bits per heavy atom. The van der Waals surface area contributed by atoms with Gasteiger partial charge in [-0.1, -0.05) is 13.8 Å². The van der Waals surface area contributed by atoms with Gasteiger partial charge in [0.1, 0.15) is 11.4 Å². The highest BCUT2D eigenvalue weighted by atomic mass is 19.1. The van der Waals surface area contributed by atoms with Gasteiger partial charge in [-0.05, 0) is 49.9 Å². The minimum atomic E-state index is -0.584. The van der Waals surface area contributed by atoms with Crippen molar-refractivity contribution in [3.63, 3.8) is 0 Å². The molecule has 0 saturated heterocycles. The van der Waals surface area contributed by atoms with E-state index in [1.165, 1.54) is 12.1 Å². The van der Waals surface area contributed by atoms with Crippen LogP contribution in [0.3, 0.4) is 0 Å². The molecular weight excluding hydrogens is 271 g/mol. The molecule has 1 saturated carbocycles. The van der Waals surface area contributed by atoms with Gasteiger partial charge in [-0.3, -0.25) is 5.32 Å². The topological polar surface area (TPSA) is 64.3 Å². The minimum Gasteiger partial charge on any atom is -0.444 e. The summed E-state index contributed by atoms with van der Waals surface area (Å²) in [4.78, 5) is 11.9. The van der Waals surface area contributed by atoms with Crippen LogP contribution in [0.1, 0.15) is 46.1 Å². The van der Waals surface area contributed by atoms with Crippen molar-refractivity contribution in [1.29, 1.82) is 0 Å². The Kier molecular flexibility index (Phi) is 3.74. The van der Waals surface area contributed by atoms with Crippen LogP contribution < -0.4 is 11.1 Å². The fourth-order valence-corrected chi connectivity index (χ4v) is 2.59. The number of anilines is 1. The maximum atomic E-state index is 13.5. The molecule has 0 aromatic heterocycles. The lowest BCUT2D eigenvalue weighted by atomic mass is 10.0. The predicted molar refractivity (Wildman–Crippen MR) is 80.8 cm³/mol. The summed E-state index contributed by atoms with van der Waals surface area (Å²) in [5.74, 6) is -0.312. The molecule has 0 radical (unpaired) electrons. The number of benzene rings is 1. The summed E-state index contributed by atoms with van der Waals surface area (Å²) < 4.78 is 18.8. The molecule has 1 aromatic rings. The SMILES string of the molecule is CC(C)(C)OC(=O)Nc1ccc(F)cc1[C@@H]1[C@@H](N)C1(C)C. The monoisotopic (exact) mass is 294 g/mol. The van der Waals surface area contributed by atoms with Gasteiger partial charge >= 0.3 is 6.09 Å². The van der Waals surface area contributed by atoms with Crippen LogP contribution in [0, 0.1) is 11.2 Å². The number of hydrogen-bond acceptors (Lipinski definition) is 3. The van der Waals surface area contributed by atoms with E-state index in [2.05, 4.69) is 5.32 Å². The van der Waals surface area contributed by atoms with Crippen molar-refractivity contribution in [3.05, 3.63) is 29.6 Å². The summed E-state index contributed by atoms with van der Waals surface area (Å²) in [7, 11) is 0. The Bertz CT molecular complexity index is 564. The number of halogens is 1. The van der Waals surface area contributed by atoms with Gasteiger partial charge in [-0.2, -0.15) is 0 Å². The van der Waals surface area contributed by atoms with Gasteiger partial charge in [0.15, 0.2) is 0 Å². The zero-order chi connectivity index (χ0) is 16.0. The van der Waals surface area contributed by atoms with Crippen LogP contribution >= 0.6 is 0 Å². The fraction of sp³-hybridized carbons (Fsp3) is 0.562. The first kappa shape index (κ1) is 15.8. The standard InChI is InChI=1S/C16H23FN2O2/c1-15(2,3)21-14(20)19-11-7-6-9(17)8-10(11)12-13(18)16(12,4)5/h6-8,12-13H,18H2,1-5H3,(H,19,20)/t12-,13-/m1/s1. The Morgan fingerprint density at radius 1 is 1.38 bits per heavy atom. The van der Waals surface area contributed by atoms with E-state index in [1.807, 2.05) is 13.8 Å². The molecule has 0 heterocycles. The Balaban J connectivity index is 2.23. The average Bonchev–Trinajstić information content (AvgIpc) is 2.78. The zero-order valence-corrected chi connectivity index (χ0v) is 13.2. The van der Waals surface area contributed by atoms with Crippen molar-refractivity contribution in [2.24, 2.45) is 11.1 Å². The number of ether oxygens (including phenoxy) is 1. The van der Waals surface area contributed by atoms with Crippen LogP contribution in [0.25, 0.3) is 0 Å². The highest BCUT2D eigenvalue weighted by molar-refractivity contribution is 5.86. The van der Waals surface area contributed by atoms with E-state index in [0.717, 1.165) is 5.56 Å². The van der Waals surface area contributed by atoms with E-state index in [-0.39, 0.29) is 23.2 Å². The molecule has 2 atom stereocenters. The third-order valence-corrected chi connectivity index (χ3v) is 3.89. The van der Waals surface area contributed by atoms with Crippen LogP contribution in [-0.4, -0.2) is 17.7 Å². The van der Waals surface area contributed by atoms with E-state index in [9.17, 15) is 9.18 Å². The molecule has 4 nitrogen and oxygen atoms in total. The van der Waals surface area contributed by atoms with Gasteiger partial charge in [0.25, 0.3) is 0 Å². The lowest BCUT2D eigenvalue weighted by Gasteiger charge is -2.20. The third-order valence-electron chi connectivity index (χ3n) is 3.89. The quantitative estimate of drug-likeness (QED) is 0.875. The number of hydrogen-bond donors (Lipinski definition) is 2. The van der Waals surface area contributed by atoms with Gasteiger partial charge in [0.05, 0.1) is 0 Å². The first-order valence-electron chi connectivity index (χ1n) is 7.07. The molecule has 0 unspecified atom stereocenters. The minimum absolute atomic E-state index is 0.0261. The van der Waals surface area contributed by atoms with E-state index in [0.29, 0.717) is 5.69 Å². The number of nitrogens with one attached hydrogen (secondary N) is 1. The van der Waals surface area contributed by atoms with Gasteiger partial charge < -0.3 is 10.5 Å². The molecule has 1 aromatic carbocycles. The molecule has 2 rings (SSSR count). The number of carbonyl (C=O) groups is 1. The average molecular weight is 294 g/mol. The molecule has 1 aliphatic carbocycles. The smallest absolute Gasteiger partial charge is 0.412 e. The lowest BCUT2D eigenvalue weighted by molar-refractivity contribution is 0.0635. The molecular formula is C16H23FN2O2. The van der Waals surface area contributed by atoms with Crippen molar-refractivity contribution in [1.82, 2.24) is 0 Å². The number of nitrogens with two attached hydrogens (primary N) is 1. The molecule has 116 valence electrons. The normalized spacial score (nSPS) is 23.6. The summed E-state index contributed by atoms with van der Waals surface area (Å²) in [6, 6.07) is 4.26. The summed E-state index contributed by atoms with van der Waals surface area (Å²) in [6.07, 6.45) is -0.553. The molecule has 1 aliphatic rings. The number of amides is 1. The highest BCUT2D eigenvalue weighted by Crippen LogP contribution is 2.58. The first-order chi connectivity index (χ1) is 9.52. The van der Waals surface area contributed by atoms with Crippen LogP contribution in [-0.2, 0) is 4.74 Å². The second-order valence-corrected chi connectivity index (χ2v) is 7.18. The molecule has 21 heavy (non-hydrogen) atoms. The Hall–Kier alpha value is -1.62. The molecule has 3 N–H and O–H groups in total. The fourth-order valence-electron chi connectivity index (χ4n) is 2.59. The van der Waals surface area contributed by atoms with Crippen molar-refractivity contribution < 1.29 is 13.9 Å². The molecule has 0 spiro atoms. The van der Waals surface area contributed by atoms with Crippen LogP contribution in [0.15, 0.2) is 18.2 Å². The van der Waals surface area contributed by atoms with Crippen molar-refractivity contribution >= 4 is 11.8 Å². The summed E-state index contributed by atoms with van der Waals surface area (Å²) >= 11 is 0. The van der Waals surface area contributed by atoms with Crippen LogP contribution in [0.5, 0.6) is 0 Å². The highest BCUT2D eigenvalue weighted by Gasteiger charge is 2.57. The second-order valence-electron chi connectivity index (χ2n) is 7.18. The molecule has 1 amide bonds. The zero-order valence-electron chi connectivity index (χ0n) is 13.2. The molecule has 5 heteroatoms. The maximum absolute atomic E-state index is 13.5. The molecule has 0 aliphatic heterocycles. The van der Waals surface area contributed by atoms with Crippen molar-refractivity contribution in [2.45, 2.75) is 52.2 Å². The van der Waals surface area contributed by atoms with E-state index in [1.54, 1.807) is 26.8 Å². The van der Waals surface area contributed by atoms with Crippen LogP contribution in [0.2, 0.25) is 0 Å². The first-order valence-corrected chi connectivity index (χ1v) is 7.07. The van der Waals surface area contributed by atoms with Crippen molar-refractivity contribution in [2.75, 3.05) is 5.32 Å². The van der Waals surface area contributed by atoms with Gasteiger partial charge in [-0.15, -0.1) is 0 Å². The van der Waals surface area contributed by atoms with E-state index >= 15 is 0 Å². The summed E-state index contributed by atoms with van der Waals surface area (Å²) in [5.41, 5.74) is 6.65. The molecule has 0 bridgehead atoms. The van der Waals surface area contributed by atoms with Gasteiger partial charge in [0, 0.05) is 17.6 Å². The van der Waals surface area contributed by atoms with E-state index in [4.69, 9.17) is 10.5 Å². The Labute approximate surface area is 124 Å². The van der Waals surface area contributed by atoms with Crippen LogP contribution in [0.4, 0.5) is 14.9 Å². The number of rotatable bonds is 2. The summed E-state index contributed by atoms with van der Waals surface area (Å²) in [5, 5.41) is 2.69. The Morgan fingerprint density at radius 3 is 2.43 bits per heavy atom. The molecule has 1 fully saturated rings. The lowest BCUT2D eigenvalue weighted by Crippen LogP contribution is -2.27. The van der Waals surface area contributed by atoms with Gasteiger partial charge in [0.2, 0.25) is 0 Å². The summed E-state index contributed by atoms with van der Waals surface area (Å²) in [6.45, 7) is 9.43. The maximum Gasteiger partial charge on any atom is 0.412 e. The second kappa shape index (κ2) is 4.98.